The molecule has 2 aromatic carbocycles. The number of nitrogens with zero attached hydrogens (tertiary/aromatic N) is 1. The molecule has 2 aromatic rings. The van der Waals surface area contributed by atoms with Crippen molar-refractivity contribution in [2.24, 2.45) is 11.8 Å². The van der Waals surface area contributed by atoms with Crippen LogP contribution in [0, 0.1) is 23.2 Å². The summed E-state index contributed by atoms with van der Waals surface area (Å²) in [5.41, 5.74) is 5.87. The van der Waals surface area contributed by atoms with Gasteiger partial charge in [0.1, 0.15) is 0 Å². The van der Waals surface area contributed by atoms with Crippen LogP contribution in [0.15, 0.2) is 48.5 Å². The zero-order valence-electron chi connectivity index (χ0n) is 19.5. The van der Waals surface area contributed by atoms with E-state index in [9.17, 15) is 0 Å². The first-order valence-electron chi connectivity index (χ1n) is 12.7. The van der Waals surface area contributed by atoms with E-state index in [4.69, 9.17) is 5.26 Å². The third kappa shape index (κ3) is 5.89. The van der Waals surface area contributed by atoms with Gasteiger partial charge in [-0.3, -0.25) is 0 Å². The van der Waals surface area contributed by atoms with Gasteiger partial charge in [0, 0.05) is 8.80 Å². The fraction of sp³-hybridized carbons (Fsp3) is 0.552. The normalized spacial score (nSPS) is 26.5. The highest BCUT2D eigenvalue weighted by Crippen LogP contribution is 2.44. The van der Waals surface area contributed by atoms with Gasteiger partial charge in [-0.15, -0.1) is 0 Å². The second-order valence-corrected chi connectivity index (χ2v) is 14.3. The van der Waals surface area contributed by atoms with Crippen molar-refractivity contribution in [1.29, 1.82) is 5.26 Å². The van der Waals surface area contributed by atoms with Crippen molar-refractivity contribution in [1.82, 2.24) is 0 Å². The molecular formula is C29H39NSi. The Morgan fingerprint density at radius 3 is 1.97 bits per heavy atom. The molecule has 0 bridgehead atoms. The van der Waals surface area contributed by atoms with Gasteiger partial charge in [-0.2, -0.15) is 5.26 Å². The predicted octanol–water partition coefficient (Wildman–Crippen LogP) is 8.33. The highest BCUT2D eigenvalue weighted by Gasteiger charge is 2.32. The molecule has 0 aromatic heterocycles. The molecule has 0 spiro atoms. The van der Waals surface area contributed by atoms with E-state index in [1.54, 1.807) is 30.5 Å². The monoisotopic (exact) mass is 429 g/mol. The minimum absolute atomic E-state index is 0.530. The first-order valence-corrected chi connectivity index (χ1v) is 15.0. The number of benzene rings is 2. The van der Waals surface area contributed by atoms with Gasteiger partial charge in [0.05, 0.1) is 11.6 Å². The Balaban J connectivity index is 1.26. The molecule has 0 N–H and O–H groups in total. The van der Waals surface area contributed by atoms with Crippen LogP contribution in [-0.2, 0) is 0 Å². The fourth-order valence-corrected chi connectivity index (χ4v) is 10.3. The number of hydrogen-bond acceptors (Lipinski definition) is 1. The summed E-state index contributed by atoms with van der Waals surface area (Å²) in [6.07, 6.45) is 12.0. The molecule has 2 fully saturated rings. The van der Waals surface area contributed by atoms with Crippen molar-refractivity contribution >= 4 is 8.80 Å². The lowest BCUT2D eigenvalue weighted by molar-refractivity contribution is 0.313. The van der Waals surface area contributed by atoms with Gasteiger partial charge in [-0.1, -0.05) is 101 Å². The fourth-order valence-electron chi connectivity index (χ4n) is 6.13. The van der Waals surface area contributed by atoms with Crippen LogP contribution in [0.2, 0.25) is 17.6 Å². The lowest BCUT2D eigenvalue weighted by Gasteiger charge is -2.37. The quantitative estimate of drug-likeness (QED) is 0.423. The molecule has 164 valence electrons. The van der Waals surface area contributed by atoms with E-state index in [0.717, 1.165) is 28.9 Å². The average Bonchev–Trinajstić information content (AvgIpc) is 2.83. The Kier molecular flexibility index (Phi) is 7.67. The molecule has 4 rings (SSSR count). The number of nitriles is 1. The predicted molar refractivity (Wildman–Crippen MR) is 135 cm³/mol. The molecule has 0 atom stereocenters. The maximum atomic E-state index is 8.99. The van der Waals surface area contributed by atoms with Crippen LogP contribution in [-0.4, -0.2) is 8.80 Å². The number of rotatable bonds is 6. The molecule has 1 saturated heterocycles. The summed E-state index contributed by atoms with van der Waals surface area (Å²) < 4.78 is 0. The van der Waals surface area contributed by atoms with Crippen molar-refractivity contribution in [3.63, 3.8) is 0 Å². The lowest BCUT2D eigenvalue weighted by atomic mass is 9.84. The van der Waals surface area contributed by atoms with Gasteiger partial charge in [0.2, 0.25) is 0 Å². The van der Waals surface area contributed by atoms with E-state index in [1.807, 2.05) is 12.1 Å². The van der Waals surface area contributed by atoms with E-state index in [1.165, 1.54) is 49.7 Å². The highest BCUT2D eigenvalue weighted by atomic mass is 28.3. The summed E-state index contributed by atoms with van der Waals surface area (Å²) >= 11 is 0. The van der Waals surface area contributed by atoms with Gasteiger partial charge in [-0.25, -0.2) is 0 Å². The summed E-state index contributed by atoms with van der Waals surface area (Å²) in [6.45, 7) is 4.75. The van der Waals surface area contributed by atoms with Gasteiger partial charge >= 0.3 is 0 Å². The zero-order chi connectivity index (χ0) is 21.6. The molecular weight excluding hydrogens is 390 g/mol. The first kappa shape index (κ1) is 22.3. The van der Waals surface area contributed by atoms with Gasteiger partial charge in [0.25, 0.3) is 0 Å². The Hall–Kier alpha value is -1.85. The van der Waals surface area contributed by atoms with E-state index in [2.05, 4.69) is 56.3 Å². The van der Waals surface area contributed by atoms with E-state index >= 15 is 0 Å². The highest BCUT2D eigenvalue weighted by molar-refractivity contribution is 6.60. The van der Waals surface area contributed by atoms with Crippen LogP contribution in [0.25, 0.3) is 11.1 Å². The van der Waals surface area contributed by atoms with Crippen LogP contribution >= 0.6 is 0 Å². The smallest absolute Gasteiger partial charge is 0.0991 e. The van der Waals surface area contributed by atoms with Crippen molar-refractivity contribution in [3.05, 3.63) is 59.7 Å². The van der Waals surface area contributed by atoms with Crippen LogP contribution in [0.4, 0.5) is 0 Å². The Morgan fingerprint density at radius 1 is 0.839 bits per heavy atom. The third-order valence-corrected chi connectivity index (χ3v) is 12.4. The number of hydrogen-bond donors (Lipinski definition) is 0. The minimum atomic E-state index is -0.530. The molecule has 0 unspecified atom stereocenters. The first-order chi connectivity index (χ1) is 15.1. The lowest BCUT2D eigenvalue weighted by Crippen LogP contribution is -2.29. The Bertz CT molecular complexity index is 845. The van der Waals surface area contributed by atoms with Crippen molar-refractivity contribution in [3.8, 4) is 17.2 Å². The van der Waals surface area contributed by atoms with E-state index in [-0.39, 0.29) is 0 Å². The van der Waals surface area contributed by atoms with Crippen LogP contribution < -0.4 is 0 Å². The van der Waals surface area contributed by atoms with Gasteiger partial charge < -0.3 is 0 Å². The molecule has 2 heteroatoms. The maximum Gasteiger partial charge on any atom is 0.0991 e. The summed E-state index contributed by atoms with van der Waals surface area (Å²) in [4.78, 5) is 0. The van der Waals surface area contributed by atoms with Gasteiger partial charge in [0.15, 0.2) is 0 Å². The topological polar surface area (TPSA) is 23.8 Å². The molecule has 1 aliphatic carbocycles. The SMILES string of the molecule is CC(C)CCC1CCC([Si@H]2CC[C@H](c3ccc(-c4ccc(C#N)cc4)cc3)CC2)CC1. The zero-order valence-corrected chi connectivity index (χ0v) is 20.7. The Morgan fingerprint density at radius 2 is 1.42 bits per heavy atom. The third-order valence-electron chi connectivity index (χ3n) is 8.21. The minimum Gasteiger partial charge on any atom is -0.192 e. The molecule has 2 aliphatic rings. The molecule has 31 heavy (non-hydrogen) atoms. The van der Waals surface area contributed by atoms with Crippen molar-refractivity contribution in [2.75, 3.05) is 0 Å². The van der Waals surface area contributed by atoms with E-state index in [0.29, 0.717) is 0 Å². The molecule has 1 aliphatic heterocycles. The molecule has 1 nitrogen and oxygen atoms in total. The maximum absolute atomic E-state index is 8.99. The molecule has 0 radical (unpaired) electrons. The second kappa shape index (κ2) is 10.6. The van der Waals surface area contributed by atoms with Crippen molar-refractivity contribution < 1.29 is 0 Å². The summed E-state index contributed by atoms with van der Waals surface area (Å²) in [6, 6.07) is 22.6. The largest absolute Gasteiger partial charge is 0.192 e. The Labute approximate surface area is 191 Å². The van der Waals surface area contributed by atoms with Gasteiger partial charge in [-0.05, 0) is 65.0 Å². The van der Waals surface area contributed by atoms with Crippen LogP contribution in [0.5, 0.6) is 0 Å². The standard InChI is InChI=1S/C29H39NSi/c1-22(2)3-4-23-7-15-29(16-8-23)31-19-17-28(18-20-31)27-13-11-26(12-14-27)25-9-5-24(21-30)6-10-25/h5-6,9-14,22-23,28-29,31H,3-4,7-8,15-20H2,1-2H3/t23?,28-,29?,31-. The summed E-state index contributed by atoms with van der Waals surface area (Å²) in [5, 5.41) is 8.99. The molecule has 1 heterocycles. The summed E-state index contributed by atoms with van der Waals surface area (Å²) in [7, 11) is -0.530. The van der Waals surface area contributed by atoms with Crippen LogP contribution in [0.1, 0.15) is 82.3 Å². The molecule has 0 amide bonds. The van der Waals surface area contributed by atoms with E-state index < -0.39 is 8.80 Å². The van der Waals surface area contributed by atoms with Crippen LogP contribution in [0.3, 0.4) is 0 Å². The average molecular weight is 430 g/mol. The van der Waals surface area contributed by atoms with Crippen molar-refractivity contribution in [2.45, 2.75) is 88.8 Å². The molecule has 1 saturated carbocycles. The second-order valence-electron chi connectivity index (χ2n) is 10.7. The summed E-state index contributed by atoms with van der Waals surface area (Å²) in [5.74, 6) is 2.69.